The van der Waals surface area contributed by atoms with Crippen molar-refractivity contribution in [2.45, 2.75) is 43.8 Å². The van der Waals surface area contributed by atoms with Gasteiger partial charge in [0, 0.05) is 5.41 Å². The minimum atomic E-state index is -0.761. The van der Waals surface area contributed by atoms with Crippen molar-refractivity contribution in [3.63, 3.8) is 0 Å². The molecule has 1 saturated heterocycles. The summed E-state index contributed by atoms with van der Waals surface area (Å²) in [5.41, 5.74) is -0.00958. The smallest absolute Gasteiger partial charge is 0.123 e. The zero-order chi connectivity index (χ0) is 13.9. The van der Waals surface area contributed by atoms with Crippen molar-refractivity contribution in [3.05, 3.63) is 35.6 Å². The molecule has 0 aromatic heterocycles. The van der Waals surface area contributed by atoms with E-state index in [2.05, 4.69) is 0 Å². The molecule has 2 N–H and O–H groups in total. The van der Waals surface area contributed by atoms with Gasteiger partial charge in [0.05, 0.1) is 25.4 Å². The van der Waals surface area contributed by atoms with Crippen LogP contribution in [0, 0.1) is 5.82 Å². The van der Waals surface area contributed by atoms with Crippen LogP contribution in [-0.4, -0.2) is 35.6 Å². The van der Waals surface area contributed by atoms with Gasteiger partial charge in [0.1, 0.15) is 5.82 Å². The first kappa shape index (κ1) is 14.4. The Bertz CT molecular complexity index is 400. The molecule has 0 saturated carbocycles. The van der Waals surface area contributed by atoms with E-state index < -0.39 is 5.41 Å². The number of aliphatic hydroxyl groups is 2. The summed E-state index contributed by atoms with van der Waals surface area (Å²) in [4.78, 5) is 0. The third kappa shape index (κ3) is 3.14. The highest BCUT2D eigenvalue weighted by atomic mass is 19.1. The summed E-state index contributed by atoms with van der Waals surface area (Å²) in [7, 11) is 0. The molecule has 0 bridgehead atoms. The van der Waals surface area contributed by atoms with Gasteiger partial charge < -0.3 is 14.9 Å². The molecule has 1 aromatic carbocycles. The molecule has 1 aliphatic rings. The summed E-state index contributed by atoms with van der Waals surface area (Å²) < 4.78 is 18.8. The minimum Gasteiger partial charge on any atom is -0.395 e. The molecule has 3 nitrogen and oxygen atoms in total. The standard InChI is InChI=1S/C15H21FO3/c1-11-2-7-14(19-11)8-15(9-17,10-18)12-3-5-13(16)6-4-12/h3-6,11,14,17-18H,2,7-10H2,1H3. The Hall–Kier alpha value is -0.970. The van der Waals surface area contributed by atoms with Crippen molar-refractivity contribution in [2.75, 3.05) is 13.2 Å². The minimum absolute atomic E-state index is 0.0411. The average molecular weight is 268 g/mol. The van der Waals surface area contributed by atoms with Crippen LogP contribution in [0.1, 0.15) is 31.7 Å². The van der Waals surface area contributed by atoms with Crippen LogP contribution in [0.15, 0.2) is 24.3 Å². The highest BCUT2D eigenvalue weighted by molar-refractivity contribution is 5.26. The summed E-state index contributed by atoms with van der Waals surface area (Å²) in [6, 6.07) is 5.96. The van der Waals surface area contributed by atoms with Gasteiger partial charge in [0.15, 0.2) is 0 Å². The Morgan fingerprint density at radius 1 is 1.21 bits per heavy atom. The molecule has 2 unspecified atom stereocenters. The lowest BCUT2D eigenvalue weighted by atomic mass is 9.77. The molecule has 4 heteroatoms. The first-order chi connectivity index (χ1) is 9.09. The second-order valence-corrected chi connectivity index (χ2v) is 5.45. The molecule has 106 valence electrons. The van der Waals surface area contributed by atoms with Gasteiger partial charge in [-0.1, -0.05) is 12.1 Å². The highest BCUT2D eigenvalue weighted by Gasteiger charge is 2.36. The van der Waals surface area contributed by atoms with E-state index in [4.69, 9.17) is 4.74 Å². The van der Waals surface area contributed by atoms with E-state index in [1.807, 2.05) is 6.92 Å². The summed E-state index contributed by atoms with van der Waals surface area (Å²) in [5.74, 6) is -0.320. The molecule has 0 amide bonds. The number of aliphatic hydroxyl groups excluding tert-OH is 2. The predicted molar refractivity (Wildman–Crippen MR) is 70.4 cm³/mol. The molecule has 1 heterocycles. The maximum absolute atomic E-state index is 13.0. The average Bonchev–Trinajstić information content (AvgIpc) is 2.82. The lowest BCUT2D eigenvalue weighted by Gasteiger charge is -2.32. The van der Waals surface area contributed by atoms with Crippen LogP contribution in [-0.2, 0) is 10.2 Å². The van der Waals surface area contributed by atoms with Crippen LogP contribution in [0.25, 0.3) is 0 Å². The third-order valence-corrected chi connectivity index (χ3v) is 4.00. The fourth-order valence-electron chi connectivity index (χ4n) is 2.75. The van der Waals surface area contributed by atoms with Crippen molar-refractivity contribution in [2.24, 2.45) is 0 Å². The Kier molecular flexibility index (Phi) is 4.55. The topological polar surface area (TPSA) is 49.7 Å². The van der Waals surface area contributed by atoms with Gasteiger partial charge in [0.2, 0.25) is 0 Å². The number of rotatable bonds is 5. The van der Waals surface area contributed by atoms with Crippen LogP contribution in [0.2, 0.25) is 0 Å². The summed E-state index contributed by atoms with van der Waals surface area (Å²) >= 11 is 0. The number of benzene rings is 1. The second kappa shape index (κ2) is 5.99. The lowest BCUT2D eigenvalue weighted by molar-refractivity contribution is 0.0113. The molecule has 0 spiro atoms. The van der Waals surface area contributed by atoms with Crippen LogP contribution < -0.4 is 0 Å². The Balaban J connectivity index is 2.19. The van der Waals surface area contributed by atoms with Crippen LogP contribution >= 0.6 is 0 Å². The van der Waals surface area contributed by atoms with Gasteiger partial charge in [-0.15, -0.1) is 0 Å². The number of hydrogen-bond acceptors (Lipinski definition) is 3. The van der Waals surface area contributed by atoms with Gasteiger partial charge >= 0.3 is 0 Å². The maximum Gasteiger partial charge on any atom is 0.123 e. The molecule has 2 atom stereocenters. The lowest BCUT2D eigenvalue weighted by Crippen LogP contribution is -2.38. The molecular formula is C15H21FO3. The predicted octanol–water partition coefficient (Wildman–Crippen LogP) is 2.01. The van der Waals surface area contributed by atoms with Gasteiger partial charge in [0.25, 0.3) is 0 Å². The first-order valence-corrected chi connectivity index (χ1v) is 6.73. The normalized spacial score (nSPS) is 23.8. The molecule has 1 aromatic rings. The Morgan fingerprint density at radius 3 is 2.32 bits per heavy atom. The largest absolute Gasteiger partial charge is 0.395 e. The zero-order valence-corrected chi connectivity index (χ0v) is 11.2. The van der Waals surface area contributed by atoms with Gasteiger partial charge in [-0.3, -0.25) is 0 Å². The van der Waals surface area contributed by atoms with Gasteiger partial charge in [-0.25, -0.2) is 4.39 Å². The van der Waals surface area contributed by atoms with E-state index in [9.17, 15) is 14.6 Å². The first-order valence-electron chi connectivity index (χ1n) is 6.73. The van der Waals surface area contributed by atoms with Crippen LogP contribution in [0.4, 0.5) is 4.39 Å². The van der Waals surface area contributed by atoms with Crippen molar-refractivity contribution in [1.29, 1.82) is 0 Å². The molecule has 0 radical (unpaired) electrons. The molecule has 2 rings (SSSR count). The number of halogens is 1. The number of ether oxygens (including phenoxy) is 1. The molecule has 19 heavy (non-hydrogen) atoms. The second-order valence-electron chi connectivity index (χ2n) is 5.45. The van der Waals surface area contributed by atoms with E-state index in [0.717, 1.165) is 18.4 Å². The van der Waals surface area contributed by atoms with Crippen LogP contribution in [0.5, 0.6) is 0 Å². The fourth-order valence-corrected chi connectivity index (χ4v) is 2.75. The summed E-state index contributed by atoms with van der Waals surface area (Å²) in [6.45, 7) is 1.67. The summed E-state index contributed by atoms with van der Waals surface area (Å²) in [6.07, 6.45) is 2.76. The molecule has 1 fully saturated rings. The highest BCUT2D eigenvalue weighted by Crippen LogP contribution is 2.34. The quantitative estimate of drug-likeness (QED) is 0.859. The SMILES string of the molecule is CC1CCC(CC(CO)(CO)c2ccc(F)cc2)O1. The maximum atomic E-state index is 13.0. The van der Waals surface area contributed by atoms with Crippen molar-refractivity contribution in [3.8, 4) is 0 Å². The van der Waals surface area contributed by atoms with Crippen molar-refractivity contribution < 1.29 is 19.3 Å². The zero-order valence-electron chi connectivity index (χ0n) is 11.2. The van der Waals surface area contributed by atoms with Crippen LogP contribution in [0.3, 0.4) is 0 Å². The van der Waals surface area contributed by atoms with E-state index in [1.165, 1.54) is 12.1 Å². The number of hydrogen-bond donors (Lipinski definition) is 2. The third-order valence-electron chi connectivity index (χ3n) is 4.00. The van der Waals surface area contributed by atoms with Crippen molar-refractivity contribution >= 4 is 0 Å². The molecule has 1 aliphatic heterocycles. The monoisotopic (exact) mass is 268 g/mol. The van der Waals surface area contributed by atoms with Crippen molar-refractivity contribution in [1.82, 2.24) is 0 Å². The van der Waals surface area contributed by atoms with E-state index in [0.29, 0.717) is 6.42 Å². The van der Waals surface area contributed by atoms with Gasteiger partial charge in [-0.2, -0.15) is 0 Å². The molecule has 0 aliphatic carbocycles. The summed E-state index contributed by atoms with van der Waals surface area (Å²) in [5, 5.41) is 19.4. The fraction of sp³-hybridized carbons (Fsp3) is 0.600. The van der Waals surface area contributed by atoms with E-state index in [1.54, 1.807) is 12.1 Å². The van der Waals surface area contributed by atoms with E-state index >= 15 is 0 Å². The van der Waals surface area contributed by atoms with Gasteiger partial charge in [-0.05, 0) is 43.9 Å². The molecular weight excluding hydrogens is 247 g/mol. The van der Waals surface area contributed by atoms with E-state index in [-0.39, 0.29) is 31.2 Å². The Labute approximate surface area is 113 Å². The Morgan fingerprint density at radius 2 is 1.84 bits per heavy atom.